The van der Waals surface area contributed by atoms with Gasteiger partial charge in [0.25, 0.3) is 5.56 Å². The molecule has 0 saturated carbocycles. The number of methoxy groups -OCH3 is 1. The van der Waals surface area contributed by atoms with E-state index in [1.807, 2.05) is 38.2 Å². The van der Waals surface area contributed by atoms with E-state index in [1.54, 1.807) is 29.1 Å². The molecule has 2 heterocycles. The highest BCUT2D eigenvalue weighted by atomic mass is 32.1. The Balaban J connectivity index is 2.19. The van der Waals surface area contributed by atoms with Gasteiger partial charge >= 0.3 is 0 Å². The molecular weight excluding hydrogens is 270 g/mol. The normalized spacial score (nSPS) is 10.9. The Morgan fingerprint density at radius 1 is 1.15 bits per heavy atom. The molecule has 0 amide bonds. The molecule has 0 radical (unpaired) electrons. The van der Waals surface area contributed by atoms with Crippen LogP contribution in [-0.2, 0) is 7.05 Å². The van der Waals surface area contributed by atoms with E-state index < -0.39 is 0 Å². The zero-order chi connectivity index (χ0) is 14.3. The van der Waals surface area contributed by atoms with Gasteiger partial charge in [-0.25, -0.2) is 0 Å². The van der Waals surface area contributed by atoms with Crippen molar-refractivity contribution in [2.45, 2.75) is 6.92 Å². The van der Waals surface area contributed by atoms with Gasteiger partial charge in [0.15, 0.2) is 0 Å². The van der Waals surface area contributed by atoms with Gasteiger partial charge in [0, 0.05) is 18.0 Å². The molecule has 3 aromatic rings. The summed E-state index contributed by atoms with van der Waals surface area (Å²) < 4.78 is 8.04. The van der Waals surface area contributed by atoms with Gasteiger partial charge in [0.05, 0.1) is 17.3 Å². The minimum atomic E-state index is 0.0362. The van der Waals surface area contributed by atoms with Crippen LogP contribution in [0.25, 0.3) is 20.7 Å². The van der Waals surface area contributed by atoms with Gasteiger partial charge in [-0.1, -0.05) is 0 Å². The van der Waals surface area contributed by atoms with E-state index in [1.165, 1.54) is 0 Å². The Morgan fingerprint density at radius 3 is 2.50 bits per heavy atom. The highest BCUT2D eigenvalue weighted by Crippen LogP contribution is 2.34. The number of rotatable bonds is 2. The number of aromatic nitrogens is 1. The van der Waals surface area contributed by atoms with Crippen LogP contribution in [0.1, 0.15) is 5.56 Å². The van der Waals surface area contributed by atoms with Crippen LogP contribution in [0, 0.1) is 6.92 Å². The summed E-state index contributed by atoms with van der Waals surface area (Å²) in [7, 11) is 3.47. The largest absolute Gasteiger partial charge is 0.497 e. The van der Waals surface area contributed by atoms with E-state index in [0.717, 1.165) is 32.0 Å². The van der Waals surface area contributed by atoms with Crippen LogP contribution >= 0.6 is 11.3 Å². The Bertz CT molecular complexity index is 828. The fourth-order valence-electron chi connectivity index (χ4n) is 2.28. The first kappa shape index (κ1) is 12.9. The lowest BCUT2D eigenvalue weighted by Gasteiger charge is -2.00. The summed E-state index contributed by atoms with van der Waals surface area (Å²) in [6.07, 6.45) is 0. The number of fused-ring (bicyclic) bond motifs is 1. The Morgan fingerprint density at radius 2 is 1.85 bits per heavy atom. The summed E-state index contributed by atoms with van der Waals surface area (Å²) in [6.45, 7) is 1.98. The number of hydrogen-bond acceptors (Lipinski definition) is 3. The Kier molecular flexibility index (Phi) is 3.10. The Hall–Kier alpha value is -2.07. The zero-order valence-electron chi connectivity index (χ0n) is 11.6. The summed E-state index contributed by atoms with van der Waals surface area (Å²) in [5, 5.41) is 0. The van der Waals surface area contributed by atoms with Crippen LogP contribution in [0.2, 0.25) is 0 Å². The fourth-order valence-corrected chi connectivity index (χ4v) is 3.44. The minimum Gasteiger partial charge on any atom is -0.497 e. The summed E-state index contributed by atoms with van der Waals surface area (Å²) in [5.41, 5.74) is 3.20. The van der Waals surface area contributed by atoms with E-state index in [9.17, 15) is 4.79 Å². The Labute approximate surface area is 121 Å². The lowest BCUT2D eigenvalue weighted by atomic mass is 10.1. The van der Waals surface area contributed by atoms with E-state index in [0.29, 0.717) is 0 Å². The first-order valence-corrected chi connectivity index (χ1v) is 7.16. The maximum atomic E-state index is 11.8. The third-order valence-corrected chi connectivity index (χ3v) is 4.79. The average Bonchev–Trinajstić information content (AvgIpc) is 2.91. The predicted octanol–water partition coefficient (Wildman–Crippen LogP) is 3.58. The van der Waals surface area contributed by atoms with Gasteiger partial charge in [0.2, 0.25) is 0 Å². The van der Waals surface area contributed by atoms with E-state index in [2.05, 4.69) is 6.07 Å². The third-order valence-electron chi connectivity index (χ3n) is 3.48. The summed E-state index contributed by atoms with van der Waals surface area (Å²) in [4.78, 5) is 13.0. The first-order chi connectivity index (χ1) is 9.60. The summed E-state index contributed by atoms with van der Waals surface area (Å²) >= 11 is 1.71. The number of hydrogen-bond donors (Lipinski definition) is 0. The van der Waals surface area contributed by atoms with Crippen molar-refractivity contribution >= 4 is 21.6 Å². The van der Waals surface area contributed by atoms with Crippen molar-refractivity contribution in [2.24, 2.45) is 7.05 Å². The molecule has 0 fully saturated rings. The molecule has 4 heteroatoms. The zero-order valence-corrected chi connectivity index (χ0v) is 12.5. The molecule has 102 valence electrons. The second-order valence-corrected chi connectivity index (χ2v) is 5.83. The molecular formula is C16H15NO2S. The van der Waals surface area contributed by atoms with Crippen molar-refractivity contribution < 1.29 is 4.74 Å². The number of nitrogens with zero attached hydrogens (tertiary/aromatic N) is 1. The maximum Gasteiger partial charge on any atom is 0.251 e. The molecule has 1 aromatic carbocycles. The average molecular weight is 285 g/mol. The highest BCUT2D eigenvalue weighted by molar-refractivity contribution is 7.22. The second kappa shape index (κ2) is 4.80. The van der Waals surface area contributed by atoms with Gasteiger partial charge in [-0.3, -0.25) is 4.79 Å². The van der Waals surface area contributed by atoms with Crippen LogP contribution in [-0.4, -0.2) is 11.7 Å². The molecule has 0 atom stereocenters. The van der Waals surface area contributed by atoms with Crippen LogP contribution in [0.15, 0.2) is 41.2 Å². The van der Waals surface area contributed by atoms with Crippen molar-refractivity contribution in [3.63, 3.8) is 0 Å². The minimum absolute atomic E-state index is 0.0362. The molecule has 2 aromatic heterocycles. The monoisotopic (exact) mass is 285 g/mol. The molecule has 20 heavy (non-hydrogen) atoms. The summed E-state index contributed by atoms with van der Waals surface area (Å²) in [6, 6.07) is 11.7. The topological polar surface area (TPSA) is 31.2 Å². The van der Waals surface area contributed by atoms with Crippen molar-refractivity contribution in [2.75, 3.05) is 7.11 Å². The van der Waals surface area contributed by atoms with Gasteiger partial charge in [-0.2, -0.15) is 0 Å². The number of thiophene rings is 1. The molecule has 0 bridgehead atoms. The van der Waals surface area contributed by atoms with Crippen LogP contribution in [0.5, 0.6) is 5.75 Å². The van der Waals surface area contributed by atoms with E-state index >= 15 is 0 Å². The maximum absolute atomic E-state index is 11.8. The van der Waals surface area contributed by atoms with Gasteiger partial charge in [-0.15, -0.1) is 11.3 Å². The van der Waals surface area contributed by atoms with E-state index in [-0.39, 0.29) is 5.56 Å². The second-order valence-electron chi connectivity index (χ2n) is 4.78. The number of aryl methyl sites for hydroxylation is 2. The summed E-state index contributed by atoms with van der Waals surface area (Å²) in [5.74, 6) is 0.846. The van der Waals surface area contributed by atoms with Crippen molar-refractivity contribution in [3.05, 3.63) is 52.3 Å². The molecule has 3 rings (SSSR count). The standard InChI is InChI=1S/C16H15NO2S/c1-10-8-15(18)17(2)13-9-14(20-16(10)13)11-4-6-12(19-3)7-5-11/h4-9H,1-3H3. The predicted molar refractivity (Wildman–Crippen MR) is 83.8 cm³/mol. The third kappa shape index (κ3) is 2.02. The van der Waals surface area contributed by atoms with Crippen LogP contribution in [0.3, 0.4) is 0 Å². The number of pyridine rings is 1. The number of ether oxygens (including phenoxy) is 1. The van der Waals surface area contributed by atoms with Crippen LogP contribution < -0.4 is 10.3 Å². The first-order valence-electron chi connectivity index (χ1n) is 6.35. The molecule has 0 unspecified atom stereocenters. The van der Waals surface area contributed by atoms with E-state index in [4.69, 9.17) is 4.74 Å². The van der Waals surface area contributed by atoms with Gasteiger partial charge in [-0.05, 0) is 48.4 Å². The smallest absolute Gasteiger partial charge is 0.251 e. The lowest BCUT2D eigenvalue weighted by molar-refractivity contribution is 0.415. The molecule has 0 aliphatic heterocycles. The molecule has 0 N–H and O–H groups in total. The molecule has 0 aliphatic rings. The molecule has 0 saturated heterocycles. The quantitative estimate of drug-likeness (QED) is 0.720. The van der Waals surface area contributed by atoms with Gasteiger partial charge in [0.1, 0.15) is 5.75 Å². The van der Waals surface area contributed by atoms with Crippen molar-refractivity contribution in [1.82, 2.24) is 4.57 Å². The number of benzene rings is 1. The fraction of sp³-hybridized carbons (Fsp3) is 0.188. The van der Waals surface area contributed by atoms with Gasteiger partial charge < -0.3 is 9.30 Å². The van der Waals surface area contributed by atoms with Crippen LogP contribution in [0.4, 0.5) is 0 Å². The molecule has 3 nitrogen and oxygen atoms in total. The van der Waals surface area contributed by atoms with Crippen molar-refractivity contribution in [3.8, 4) is 16.2 Å². The molecule has 0 spiro atoms. The SMILES string of the molecule is COc1ccc(-c2cc3c(s2)c(C)cc(=O)n3C)cc1. The molecule has 0 aliphatic carbocycles. The lowest BCUT2D eigenvalue weighted by Crippen LogP contribution is -2.15. The highest BCUT2D eigenvalue weighted by Gasteiger charge is 2.10. The van der Waals surface area contributed by atoms with Crippen molar-refractivity contribution in [1.29, 1.82) is 0 Å².